The number of aromatic nitrogens is 3. The van der Waals surface area contributed by atoms with Gasteiger partial charge in [-0.2, -0.15) is 18.3 Å². The molecule has 0 bridgehead atoms. The molecule has 1 aromatic carbocycles. The van der Waals surface area contributed by atoms with Crippen molar-refractivity contribution in [3.63, 3.8) is 0 Å². The van der Waals surface area contributed by atoms with Crippen LogP contribution in [0.1, 0.15) is 74.0 Å². The summed E-state index contributed by atoms with van der Waals surface area (Å²) in [4.78, 5) is 6.90. The molecular weight excluding hydrogens is 522 g/mol. The first kappa shape index (κ1) is 27.4. The summed E-state index contributed by atoms with van der Waals surface area (Å²) in [6.45, 7) is 4.94. The van der Waals surface area contributed by atoms with Gasteiger partial charge in [-0.15, -0.1) is 0 Å². The number of alkyl halides is 3. The Bertz CT molecular complexity index is 1380. The van der Waals surface area contributed by atoms with Crippen molar-refractivity contribution in [2.75, 3.05) is 31.6 Å². The summed E-state index contributed by atoms with van der Waals surface area (Å²) in [6.07, 6.45) is 2.05. The number of unbranched alkanes of at least 4 members (excludes halogenated alkanes) is 2. The number of fused-ring (bicyclic) bond motifs is 2. The third kappa shape index (κ3) is 5.09. The number of nitrogens with one attached hydrogen (secondary N) is 1. The van der Waals surface area contributed by atoms with Crippen molar-refractivity contribution in [3.8, 4) is 0 Å². The van der Waals surface area contributed by atoms with E-state index >= 15 is 0 Å². The van der Waals surface area contributed by atoms with E-state index in [4.69, 9.17) is 9.72 Å². The number of halogens is 4. The largest absolute Gasteiger partial charge is 0.400 e. The molecule has 2 aliphatic heterocycles. The summed E-state index contributed by atoms with van der Waals surface area (Å²) in [5.74, 6) is 0.581. The molecule has 1 unspecified atom stereocenters. The minimum Gasteiger partial charge on any atom is -0.376 e. The molecule has 0 radical (unpaired) electrons. The van der Waals surface area contributed by atoms with E-state index in [0.717, 1.165) is 56.6 Å². The summed E-state index contributed by atoms with van der Waals surface area (Å²) in [7, 11) is 1.58. The second-order valence-corrected chi connectivity index (χ2v) is 11.7. The fourth-order valence-electron chi connectivity index (χ4n) is 6.26. The fourth-order valence-corrected chi connectivity index (χ4v) is 6.26. The van der Waals surface area contributed by atoms with Gasteiger partial charge in [-0.05, 0) is 81.2 Å². The smallest absolute Gasteiger partial charge is 0.376 e. The van der Waals surface area contributed by atoms with Gasteiger partial charge in [0.1, 0.15) is 17.1 Å². The van der Waals surface area contributed by atoms with E-state index < -0.39 is 17.4 Å². The summed E-state index contributed by atoms with van der Waals surface area (Å²) in [5, 5.41) is 8.11. The average molecular weight is 560 g/mol. The van der Waals surface area contributed by atoms with E-state index in [-0.39, 0.29) is 30.7 Å². The predicted octanol–water partition coefficient (Wildman–Crippen LogP) is 6.23. The monoisotopic (exact) mass is 559 g/mol. The third-order valence-electron chi connectivity index (χ3n) is 8.95. The predicted molar refractivity (Wildman–Crippen MR) is 146 cm³/mol. The molecule has 40 heavy (non-hydrogen) atoms. The van der Waals surface area contributed by atoms with Crippen LogP contribution in [0.4, 0.5) is 23.4 Å². The number of rotatable bonds is 10. The van der Waals surface area contributed by atoms with Gasteiger partial charge in [-0.1, -0.05) is 12.5 Å². The zero-order valence-electron chi connectivity index (χ0n) is 23.2. The first-order chi connectivity index (χ1) is 19.2. The zero-order chi connectivity index (χ0) is 28.1. The quantitative estimate of drug-likeness (QED) is 0.236. The number of hydrogen-bond donors (Lipinski definition) is 1. The minimum absolute atomic E-state index is 0.0223. The van der Waals surface area contributed by atoms with Crippen LogP contribution in [0.5, 0.6) is 0 Å². The van der Waals surface area contributed by atoms with Crippen LogP contribution in [0.3, 0.4) is 0 Å². The van der Waals surface area contributed by atoms with Gasteiger partial charge >= 0.3 is 6.18 Å². The van der Waals surface area contributed by atoms with Crippen LogP contribution in [-0.4, -0.2) is 58.2 Å². The van der Waals surface area contributed by atoms with Crippen LogP contribution in [0.2, 0.25) is 0 Å². The molecule has 1 saturated heterocycles. The lowest BCUT2D eigenvalue weighted by Crippen LogP contribution is -2.53. The SMILES string of the molecule is CC(c1cc(F)cc2c1c(C1(C(F)(F)F)CC1)nn2C)N1CC(OCCCCCc2ccc3c(n2)NCCC3)C1. The number of aryl methyl sites for hydroxylation is 3. The second kappa shape index (κ2) is 10.6. The van der Waals surface area contributed by atoms with Crippen LogP contribution in [0.25, 0.3) is 10.9 Å². The van der Waals surface area contributed by atoms with Crippen molar-refractivity contribution in [1.82, 2.24) is 19.7 Å². The summed E-state index contributed by atoms with van der Waals surface area (Å²) in [5.41, 5.74) is 1.52. The van der Waals surface area contributed by atoms with Crippen LogP contribution in [0.15, 0.2) is 24.3 Å². The van der Waals surface area contributed by atoms with E-state index in [1.807, 2.05) is 6.92 Å². The Morgan fingerprint density at radius 1 is 1.15 bits per heavy atom. The normalized spacial score (nSPS) is 19.8. The van der Waals surface area contributed by atoms with Crippen molar-refractivity contribution in [2.45, 2.75) is 82.0 Å². The highest BCUT2D eigenvalue weighted by Gasteiger charge is 2.66. The first-order valence-electron chi connectivity index (χ1n) is 14.5. The van der Waals surface area contributed by atoms with Crippen molar-refractivity contribution in [1.29, 1.82) is 0 Å². The van der Waals surface area contributed by atoms with E-state index in [2.05, 4.69) is 27.4 Å². The van der Waals surface area contributed by atoms with Gasteiger partial charge in [0.2, 0.25) is 0 Å². The minimum atomic E-state index is -4.38. The van der Waals surface area contributed by atoms with Crippen LogP contribution in [0, 0.1) is 5.82 Å². The van der Waals surface area contributed by atoms with Crippen molar-refractivity contribution in [2.24, 2.45) is 7.05 Å². The fraction of sp³-hybridized carbons (Fsp3) is 0.600. The highest BCUT2D eigenvalue weighted by Crippen LogP contribution is 2.60. The van der Waals surface area contributed by atoms with Crippen LogP contribution in [-0.2, 0) is 30.0 Å². The maximum atomic E-state index is 14.6. The number of anilines is 1. The molecule has 6 rings (SSSR count). The molecule has 216 valence electrons. The van der Waals surface area contributed by atoms with Crippen LogP contribution < -0.4 is 5.32 Å². The molecule has 6 nitrogen and oxygen atoms in total. The number of likely N-dealkylation sites (tertiary alicyclic amines) is 1. The lowest BCUT2D eigenvalue weighted by molar-refractivity contribution is -0.161. The molecule has 10 heteroatoms. The molecule has 0 amide bonds. The van der Waals surface area contributed by atoms with Crippen molar-refractivity contribution in [3.05, 3.63) is 52.6 Å². The molecule has 2 aromatic heterocycles. The Hall–Kier alpha value is -2.72. The molecule has 3 aromatic rings. The Balaban J connectivity index is 1.01. The topological polar surface area (TPSA) is 55.2 Å². The van der Waals surface area contributed by atoms with Crippen molar-refractivity contribution < 1.29 is 22.3 Å². The lowest BCUT2D eigenvalue weighted by Gasteiger charge is -2.43. The first-order valence-corrected chi connectivity index (χ1v) is 14.5. The molecule has 1 aliphatic carbocycles. The maximum absolute atomic E-state index is 14.6. The van der Waals surface area contributed by atoms with E-state index in [1.165, 1.54) is 22.4 Å². The van der Waals surface area contributed by atoms with Gasteiger partial charge in [0.25, 0.3) is 0 Å². The summed E-state index contributed by atoms with van der Waals surface area (Å²) >= 11 is 0. The van der Waals surface area contributed by atoms with Crippen molar-refractivity contribution >= 4 is 16.7 Å². The van der Waals surface area contributed by atoms with Gasteiger partial charge in [0.05, 0.1) is 17.3 Å². The van der Waals surface area contributed by atoms with Gasteiger partial charge < -0.3 is 10.1 Å². The molecule has 1 N–H and O–H groups in total. The molecular formula is C30H37F4N5O. The number of pyridine rings is 1. The number of nitrogens with zero attached hydrogens (tertiary/aromatic N) is 4. The molecule has 4 heterocycles. The molecule has 0 spiro atoms. The lowest BCUT2D eigenvalue weighted by atomic mass is 9.91. The summed E-state index contributed by atoms with van der Waals surface area (Å²) in [6, 6.07) is 6.76. The average Bonchev–Trinajstić information content (AvgIpc) is 3.66. The number of benzene rings is 1. The van der Waals surface area contributed by atoms with Gasteiger partial charge in [-0.3, -0.25) is 9.58 Å². The van der Waals surface area contributed by atoms with Crippen LogP contribution >= 0.6 is 0 Å². The standard InChI is InChI=1S/C30H37F4N5O/c1-19(24-15-21(31)16-25-26(24)27(37-38(25)2)29(11-12-29)30(32,33)34)39-17-23(18-39)40-14-5-3-4-8-22-10-9-20-7-6-13-35-28(20)36-22/h9-10,15-16,19,23H,3-8,11-14,17-18H2,1-2H3,(H,35,36). The van der Waals surface area contributed by atoms with E-state index in [9.17, 15) is 17.6 Å². The zero-order valence-corrected chi connectivity index (χ0v) is 23.2. The molecule has 2 fully saturated rings. The number of ether oxygens (including phenoxy) is 1. The second-order valence-electron chi connectivity index (χ2n) is 11.7. The number of hydrogen-bond acceptors (Lipinski definition) is 5. The Morgan fingerprint density at radius 3 is 2.70 bits per heavy atom. The summed E-state index contributed by atoms with van der Waals surface area (Å²) < 4.78 is 64.1. The highest BCUT2D eigenvalue weighted by atomic mass is 19.4. The third-order valence-corrected chi connectivity index (χ3v) is 8.95. The molecule has 1 saturated carbocycles. The highest BCUT2D eigenvalue weighted by molar-refractivity contribution is 5.87. The Morgan fingerprint density at radius 2 is 1.95 bits per heavy atom. The molecule has 3 aliphatic rings. The Kier molecular flexibility index (Phi) is 7.27. The van der Waals surface area contributed by atoms with Gasteiger partial charge in [0, 0.05) is 50.4 Å². The van der Waals surface area contributed by atoms with Gasteiger partial charge in [-0.25, -0.2) is 9.37 Å². The van der Waals surface area contributed by atoms with Gasteiger partial charge in [0.15, 0.2) is 0 Å². The van der Waals surface area contributed by atoms with E-state index in [1.54, 1.807) is 7.05 Å². The molecule has 1 atom stereocenters. The van der Waals surface area contributed by atoms with E-state index in [0.29, 0.717) is 36.2 Å². The Labute approximate surface area is 232 Å². The maximum Gasteiger partial charge on any atom is 0.400 e.